The smallest absolute Gasteiger partial charge is 0.221 e. The van der Waals surface area contributed by atoms with Crippen LogP contribution in [0.15, 0.2) is 35.4 Å². The van der Waals surface area contributed by atoms with E-state index in [4.69, 9.17) is 5.73 Å². The minimum atomic E-state index is 0.277. The number of rotatable bonds is 3. The Morgan fingerprint density at radius 3 is 2.59 bits per heavy atom. The van der Waals surface area contributed by atoms with E-state index in [-0.39, 0.29) is 5.95 Å². The topological polar surface area (TPSA) is 63.8 Å². The first-order valence-electron chi connectivity index (χ1n) is 5.19. The average Bonchev–Trinajstić information content (AvgIpc) is 2.35. The Kier molecular flexibility index (Phi) is 3.49. The van der Waals surface area contributed by atoms with Gasteiger partial charge in [0.1, 0.15) is 5.82 Å². The fourth-order valence-electron chi connectivity index (χ4n) is 1.39. The third kappa shape index (κ3) is 2.88. The lowest BCUT2D eigenvalue weighted by molar-refractivity contribution is 1.15. The van der Waals surface area contributed by atoms with E-state index in [9.17, 15) is 0 Å². The molecule has 0 unspecified atom stereocenters. The van der Waals surface area contributed by atoms with Crippen molar-refractivity contribution < 1.29 is 0 Å². The molecule has 0 atom stereocenters. The van der Waals surface area contributed by atoms with Crippen LogP contribution in [-0.4, -0.2) is 16.2 Å². The minimum Gasteiger partial charge on any atom is -0.368 e. The third-order valence-electron chi connectivity index (χ3n) is 2.34. The van der Waals surface area contributed by atoms with Gasteiger partial charge in [-0.25, -0.2) is 4.98 Å². The third-order valence-corrected chi connectivity index (χ3v) is 3.09. The van der Waals surface area contributed by atoms with E-state index < -0.39 is 0 Å². The van der Waals surface area contributed by atoms with Gasteiger partial charge < -0.3 is 11.1 Å². The Bertz CT molecular complexity index is 510. The molecule has 0 fully saturated rings. The maximum atomic E-state index is 5.56. The summed E-state index contributed by atoms with van der Waals surface area (Å²) in [5.41, 5.74) is 7.52. The second kappa shape index (κ2) is 5.05. The first-order valence-corrected chi connectivity index (χ1v) is 6.41. The molecule has 0 saturated carbocycles. The van der Waals surface area contributed by atoms with Crippen LogP contribution in [0.4, 0.5) is 17.5 Å². The van der Waals surface area contributed by atoms with Crippen molar-refractivity contribution in [2.45, 2.75) is 11.8 Å². The maximum Gasteiger partial charge on any atom is 0.221 e. The molecule has 5 heteroatoms. The molecule has 0 saturated heterocycles. The second-order valence-electron chi connectivity index (χ2n) is 3.61. The molecule has 0 radical (unpaired) electrons. The molecule has 3 N–H and O–H groups in total. The zero-order valence-corrected chi connectivity index (χ0v) is 10.6. The van der Waals surface area contributed by atoms with Crippen LogP contribution in [0.3, 0.4) is 0 Å². The SMILES string of the molecule is CSc1ccc(Nc2nc(N)ncc2C)cc1. The number of benzene rings is 1. The van der Waals surface area contributed by atoms with E-state index >= 15 is 0 Å². The van der Waals surface area contributed by atoms with E-state index in [0.717, 1.165) is 17.1 Å². The second-order valence-corrected chi connectivity index (χ2v) is 4.49. The number of hydrogen-bond acceptors (Lipinski definition) is 5. The number of nitrogen functional groups attached to an aromatic ring is 1. The van der Waals surface area contributed by atoms with Gasteiger partial charge in [-0.3, -0.25) is 0 Å². The number of thioether (sulfide) groups is 1. The van der Waals surface area contributed by atoms with Gasteiger partial charge in [0.25, 0.3) is 0 Å². The maximum absolute atomic E-state index is 5.56. The molecule has 0 bridgehead atoms. The van der Waals surface area contributed by atoms with E-state index in [0.29, 0.717) is 0 Å². The molecular formula is C12H14N4S. The van der Waals surface area contributed by atoms with Crippen LogP contribution in [-0.2, 0) is 0 Å². The summed E-state index contributed by atoms with van der Waals surface area (Å²) < 4.78 is 0. The van der Waals surface area contributed by atoms with Crippen molar-refractivity contribution in [3.8, 4) is 0 Å². The van der Waals surface area contributed by atoms with E-state index in [1.165, 1.54) is 4.90 Å². The fraction of sp³-hybridized carbons (Fsp3) is 0.167. The number of hydrogen-bond donors (Lipinski definition) is 2. The quantitative estimate of drug-likeness (QED) is 0.815. The molecule has 0 amide bonds. The van der Waals surface area contributed by atoms with Crippen molar-refractivity contribution in [2.24, 2.45) is 0 Å². The Labute approximate surface area is 105 Å². The van der Waals surface area contributed by atoms with E-state index in [1.54, 1.807) is 18.0 Å². The van der Waals surface area contributed by atoms with Crippen LogP contribution in [0.2, 0.25) is 0 Å². The molecule has 0 aliphatic heterocycles. The molecule has 0 spiro atoms. The molecule has 1 aromatic heterocycles. The van der Waals surface area contributed by atoms with Crippen LogP contribution < -0.4 is 11.1 Å². The highest BCUT2D eigenvalue weighted by molar-refractivity contribution is 7.98. The van der Waals surface area contributed by atoms with Gasteiger partial charge >= 0.3 is 0 Å². The molecule has 88 valence electrons. The Morgan fingerprint density at radius 2 is 1.94 bits per heavy atom. The first kappa shape index (κ1) is 11.7. The molecule has 1 heterocycles. The van der Waals surface area contributed by atoms with Gasteiger partial charge in [0.15, 0.2) is 0 Å². The minimum absolute atomic E-state index is 0.277. The van der Waals surface area contributed by atoms with Gasteiger partial charge in [-0.2, -0.15) is 4.98 Å². The highest BCUT2D eigenvalue weighted by atomic mass is 32.2. The number of aromatic nitrogens is 2. The van der Waals surface area contributed by atoms with Crippen LogP contribution in [0.5, 0.6) is 0 Å². The molecule has 4 nitrogen and oxygen atoms in total. The Morgan fingerprint density at radius 1 is 1.24 bits per heavy atom. The van der Waals surface area contributed by atoms with Crippen molar-refractivity contribution in [2.75, 3.05) is 17.3 Å². The van der Waals surface area contributed by atoms with Crippen LogP contribution in [0.25, 0.3) is 0 Å². The van der Waals surface area contributed by atoms with Crippen molar-refractivity contribution in [1.82, 2.24) is 9.97 Å². The van der Waals surface area contributed by atoms with Gasteiger partial charge in [0.05, 0.1) is 0 Å². The molecule has 2 rings (SSSR count). The summed E-state index contributed by atoms with van der Waals surface area (Å²) in [5, 5.41) is 3.22. The van der Waals surface area contributed by atoms with Gasteiger partial charge in [0, 0.05) is 22.3 Å². The first-order chi connectivity index (χ1) is 8.19. The highest BCUT2D eigenvalue weighted by Gasteiger charge is 2.02. The fourth-order valence-corrected chi connectivity index (χ4v) is 1.80. The van der Waals surface area contributed by atoms with Crippen molar-refractivity contribution in [3.63, 3.8) is 0 Å². The summed E-state index contributed by atoms with van der Waals surface area (Å²) in [6.45, 7) is 1.94. The Hall–Kier alpha value is -1.75. The van der Waals surface area contributed by atoms with Gasteiger partial charge in [-0.05, 0) is 37.4 Å². The average molecular weight is 246 g/mol. The lowest BCUT2D eigenvalue weighted by Gasteiger charge is -2.08. The Balaban J connectivity index is 2.22. The van der Waals surface area contributed by atoms with Crippen LogP contribution in [0.1, 0.15) is 5.56 Å². The molecule has 0 aliphatic carbocycles. The number of aryl methyl sites for hydroxylation is 1. The zero-order valence-electron chi connectivity index (χ0n) is 9.77. The monoisotopic (exact) mass is 246 g/mol. The van der Waals surface area contributed by atoms with Gasteiger partial charge in [-0.1, -0.05) is 0 Å². The van der Waals surface area contributed by atoms with Crippen molar-refractivity contribution in [3.05, 3.63) is 36.0 Å². The number of nitrogens with zero attached hydrogens (tertiary/aromatic N) is 2. The largest absolute Gasteiger partial charge is 0.368 e. The normalized spacial score (nSPS) is 10.2. The highest BCUT2D eigenvalue weighted by Crippen LogP contribution is 2.21. The van der Waals surface area contributed by atoms with Gasteiger partial charge in [-0.15, -0.1) is 11.8 Å². The summed E-state index contributed by atoms with van der Waals surface area (Å²) in [4.78, 5) is 9.32. The van der Waals surface area contributed by atoms with E-state index in [1.807, 2.05) is 19.1 Å². The predicted octanol–water partition coefficient (Wildman–Crippen LogP) is 2.83. The summed E-state index contributed by atoms with van der Waals surface area (Å²) in [6.07, 6.45) is 3.76. The van der Waals surface area contributed by atoms with Crippen LogP contribution >= 0.6 is 11.8 Å². The van der Waals surface area contributed by atoms with Gasteiger partial charge in [0.2, 0.25) is 5.95 Å². The van der Waals surface area contributed by atoms with E-state index in [2.05, 4.69) is 33.7 Å². The molecular weight excluding hydrogens is 232 g/mol. The number of nitrogens with one attached hydrogen (secondary N) is 1. The molecule has 17 heavy (non-hydrogen) atoms. The van der Waals surface area contributed by atoms with Crippen LogP contribution in [0, 0.1) is 6.92 Å². The lowest BCUT2D eigenvalue weighted by atomic mass is 10.3. The molecule has 1 aromatic carbocycles. The lowest BCUT2D eigenvalue weighted by Crippen LogP contribution is -2.01. The summed E-state index contributed by atoms with van der Waals surface area (Å²) in [5.74, 6) is 1.02. The zero-order chi connectivity index (χ0) is 12.3. The number of anilines is 3. The standard InChI is InChI=1S/C12H14N4S/c1-8-7-14-12(13)16-11(8)15-9-3-5-10(17-2)6-4-9/h3-7H,1-2H3,(H3,13,14,15,16). The predicted molar refractivity (Wildman–Crippen MR) is 72.7 cm³/mol. The number of nitrogens with two attached hydrogens (primary N) is 1. The summed E-state index contributed by atoms with van der Waals surface area (Å²) in [7, 11) is 0. The van der Waals surface area contributed by atoms with Crippen molar-refractivity contribution in [1.29, 1.82) is 0 Å². The van der Waals surface area contributed by atoms with Crippen molar-refractivity contribution >= 4 is 29.2 Å². The molecule has 0 aliphatic rings. The summed E-state index contributed by atoms with van der Waals surface area (Å²) in [6, 6.07) is 8.16. The molecule has 2 aromatic rings. The summed E-state index contributed by atoms with van der Waals surface area (Å²) >= 11 is 1.72.